The van der Waals surface area contributed by atoms with Crippen molar-refractivity contribution < 1.29 is 22.7 Å². The van der Waals surface area contributed by atoms with Crippen molar-refractivity contribution in [3.05, 3.63) is 45.9 Å². The van der Waals surface area contributed by atoms with Crippen LogP contribution in [0.15, 0.2) is 30.5 Å². The summed E-state index contributed by atoms with van der Waals surface area (Å²) in [5.74, 6) is -0.414. The minimum Gasteiger partial charge on any atom is -0.406 e. The van der Waals surface area contributed by atoms with Gasteiger partial charge >= 0.3 is 6.36 Å². The highest BCUT2D eigenvalue weighted by Gasteiger charge is 2.30. The van der Waals surface area contributed by atoms with Crippen LogP contribution in [-0.2, 0) is 6.42 Å². The lowest BCUT2D eigenvalue weighted by atomic mass is 10.1. The van der Waals surface area contributed by atoms with E-state index in [9.17, 15) is 18.0 Å². The molecule has 2 aromatic rings. The zero-order valence-electron chi connectivity index (χ0n) is 10.4. The van der Waals surface area contributed by atoms with Gasteiger partial charge in [0.1, 0.15) is 5.75 Å². The predicted octanol–water partition coefficient (Wildman–Crippen LogP) is 3.78. The van der Waals surface area contributed by atoms with Gasteiger partial charge in [-0.25, -0.2) is 4.98 Å². The van der Waals surface area contributed by atoms with Crippen LogP contribution in [0.4, 0.5) is 13.2 Å². The van der Waals surface area contributed by atoms with E-state index < -0.39 is 6.36 Å². The molecule has 0 aliphatic heterocycles. The number of Topliss-reactive ketones (excluding diaryl/α,β-unsaturated/α-hetero) is 1. The van der Waals surface area contributed by atoms with E-state index in [-0.39, 0.29) is 18.0 Å². The molecule has 0 fully saturated rings. The van der Waals surface area contributed by atoms with Crippen LogP contribution in [0.5, 0.6) is 5.75 Å². The Bertz CT molecular complexity index is 605. The smallest absolute Gasteiger partial charge is 0.406 e. The Morgan fingerprint density at radius 1 is 1.30 bits per heavy atom. The average molecular weight is 301 g/mol. The summed E-state index contributed by atoms with van der Waals surface area (Å²) >= 11 is 1.29. The molecule has 0 N–H and O–H groups in total. The monoisotopic (exact) mass is 301 g/mol. The summed E-state index contributed by atoms with van der Waals surface area (Å²) < 4.78 is 39.7. The molecule has 0 aliphatic rings. The minimum atomic E-state index is -4.71. The van der Waals surface area contributed by atoms with Gasteiger partial charge in [-0.05, 0) is 24.6 Å². The number of aryl methyl sites for hydroxylation is 1. The molecule has 0 unspecified atom stereocenters. The van der Waals surface area contributed by atoms with Gasteiger partial charge in [0.25, 0.3) is 0 Å². The van der Waals surface area contributed by atoms with Gasteiger partial charge in [-0.15, -0.1) is 24.5 Å². The molecule has 0 radical (unpaired) electrons. The predicted molar refractivity (Wildman–Crippen MR) is 68.0 cm³/mol. The van der Waals surface area contributed by atoms with Crippen molar-refractivity contribution in [2.75, 3.05) is 0 Å². The molecule has 0 saturated carbocycles. The lowest BCUT2D eigenvalue weighted by Crippen LogP contribution is -2.17. The number of rotatable bonds is 4. The number of carbonyl (C=O) groups excluding carboxylic acids is 1. The summed E-state index contributed by atoms with van der Waals surface area (Å²) in [5.41, 5.74) is 0.621. The maximum atomic E-state index is 12.0. The lowest BCUT2D eigenvalue weighted by Gasteiger charge is -2.08. The zero-order chi connectivity index (χ0) is 14.8. The first kappa shape index (κ1) is 14.5. The Kier molecular flexibility index (Phi) is 4.08. The van der Waals surface area contributed by atoms with Gasteiger partial charge in [0, 0.05) is 12.6 Å². The summed E-state index contributed by atoms with van der Waals surface area (Å²) in [7, 11) is 0. The molecule has 0 aliphatic carbocycles. The fraction of sp³-hybridized carbons (Fsp3) is 0.231. The van der Waals surface area contributed by atoms with Crippen LogP contribution in [0.3, 0.4) is 0 Å². The van der Waals surface area contributed by atoms with Crippen molar-refractivity contribution in [3.63, 3.8) is 0 Å². The third-order valence-electron chi connectivity index (χ3n) is 2.42. The quantitative estimate of drug-likeness (QED) is 0.807. The van der Waals surface area contributed by atoms with Crippen LogP contribution in [0.2, 0.25) is 0 Å². The molecule has 1 aromatic heterocycles. The van der Waals surface area contributed by atoms with E-state index in [0.29, 0.717) is 10.4 Å². The standard InChI is InChI=1S/C13H10F3NO2S/c1-8-17-7-12(20-8)11(18)6-9-2-4-10(5-3-9)19-13(14,15)16/h2-5,7H,6H2,1H3. The molecule has 3 nitrogen and oxygen atoms in total. The molecule has 0 bridgehead atoms. The maximum absolute atomic E-state index is 12.0. The number of alkyl halides is 3. The molecule has 0 amide bonds. The van der Waals surface area contributed by atoms with E-state index in [0.717, 1.165) is 5.01 Å². The first-order valence-corrected chi connectivity index (χ1v) is 6.45. The maximum Gasteiger partial charge on any atom is 0.573 e. The van der Waals surface area contributed by atoms with E-state index in [2.05, 4.69) is 9.72 Å². The highest BCUT2D eigenvalue weighted by atomic mass is 32.1. The summed E-state index contributed by atoms with van der Waals surface area (Å²) in [4.78, 5) is 16.4. The second-order valence-electron chi connectivity index (χ2n) is 4.04. The van der Waals surface area contributed by atoms with Crippen molar-refractivity contribution in [1.82, 2.24) is 4.98 Å². The van der Waals surface area contributed by atoms with E-state index in [1.165, 1.54) is 41.8 Å². The van der Waals surface area contributed by atoms with Gasteiger partial charge in [0.2, 0.25) is 0 Å². The van der Waals surface area contributed by atoms with Crippen molar-refractivity contribution >= 4 is 17.1 Å². The van der Waals surface area contributed by atoms with Crippen LogP contribution < -0.4 is 4.74 Å². The summed E-state index contributed by atoms with van der Waals surface area (Å²) in [6, 6.07) is 5.25. The van der Waals surface area contributed by atoms with Crippen molar-refractivity contribution in [1.29, 1.82) is 0 Å². The molecule has 0 spiro atoms. The highest BCUT2D eigenvalue weighted by molar-refractivity contribution is 7.13. The fourth-order valence-corrected chi connectivity index (χ4v) is 2.29. The Labute approximate surface area is 117 Å². The molecular weight excluding hydrogens is 291 g/mol. The van der Waals surface area contributed by atoms with Gasteiger partial charge in [0.15, 0.2) is 5.78 Å². The zero-order valence-corrected chi connectivity index (χ0v) is 11.2. The molecular formula is C13H10F3NO2S. The van der Waals surface area contributed by atoms with Gasteiger partial charge in [-0.1, -0.05) is 12.1 Å². The normalized spacial score (nSPS) is 11.4. The fourth-order valence-electron chi connectivity index (χ4n) is 1.57. The lowest BCUT2D eigenvalue weighted by molar-refractivity contribution is -0.274. The Morgan fingerprint density at radius 3 is 2.45 bits per heavy atom. The first-order valence-electron chi connectivity index (χ1n) is 5.64. The molecule has 7 heteroatoms. The second kappa shape index (κ2) is 5.62. The molecule has 106 valence electrons. The van der Waals surface area contributed by atoms with Gasteiger partial charge in [0.05, 0.1) is 9.88 Å². The van der Waals surface area contributed by atoms with E-state index in [1.807, 2.05) is 0 Å². The molecule has 0 atom stereocenters. The summed E-state index contributed by atoms with van der Waals surface area (Å²) in [6.07, 6.45) is -3.09. The molecule has 1 heterocycles. The van der Waals surface area contributed by atoms with Crippen LogP contribution in [0.1, 0.15) is 20.2 Å². The molecule has 0 saturated heterocycles. The molecule has 1 aromatic carbocycles. The first-order chi connectivity index (χ1) is 9.33. The Hall–Kier alpha value is -1.89. The minimum absolute atomic E-state index is 0.111. The number of hydrogen-bond acceptors (Lipinski definition) is 4. The van der Waals surface area contributed by atoms with E-state index >= 15 is 0 Å². The van der Waals surface area contributed by atoms with E-state index in [1.54, 1.807) is 6.92 Å². The van der Waals surface area contributed by atoms with Gasteiger partial charge < -0.3 is 4.74 Å². The average Bonchev–Trinajstić information content (AvgIpc) is 2.77. The largest absolute Gasteiger partial charge is 0.573 e. The molecule has 2 rings (SSSR count). The summed E-state index contributed by atoms with van der Waals surface area (Å²) in [5, 5.41) is 0.794. The van der Waals surface area contributed by atoms with Crippen LogP contribution in [0.25, 0.3) is 0 Å². The van der Waals surface area contributed by atoms with Crippen LogP contribution in [0, 0.1) is 6.92 Å². The SMILES string of the molecule is Cc1ncc(C(=O)Cc2ccc(OC(F)(F)F)cc2)s1. The number of thiazole rings is 1. The number of ether oxygens (including phenoxy) is 1. The third kappa shape index (κ3) is 4.06. The number of halogens is 3. The second-order valence-corrected chi connectivity index (χ2v) is 5.27. The number of benzene rings is 1. The van der Waals surface area contributed by atoms with Crippen molar-refractivity contribution in [2.24, 2.45) is 0 Å². The van der Waals surface area contributed by atoms with Gasteiger partial charge in [-0.3, -0.25) is 4.79 Å². The number of aromatic nitrogens is 1. The van der Waals surface area contributed by atoms with Gasteiger partial charge in [-0.2, -0.15) is 0 Å². The van der Waals surface area contributed by atoms with Crippen molar-refractivity contribution in [2.45, 2.75) is 19.7 Å². The topological polar surface area (TPSA) is 39.2 Å². The van der Waals surface area contributed by atoms with Crippen LogP contribution >= 0.6 is 11.3 Å². The van der Waals surface area contributed by atoms with E-state index in [4.69, 9.17) is 0 Å². The highest BCUT2D eigenvalue weighted by Crippen LogP contribution is 2.23. The number of ketones is 1. The Morgan fingerprint density at radius 2 is 1.95 bits per heavy atom. The van der Waals surface area contributed by atoms with Crippen LogP contribution in [-0.4, -0.2) is 17.1 Å². The summed E-state index contributed by atoms with van der Waals surface area (Å²) in [6.45, 7) is 1.80. The number of hydrogen-bond donors (Lipinski definition) is 0. The third-order valence-corrected chi connectivity index (χ3v) is 3.37. The number of carbonyl (C=O) groups is 1. The Balaban J connectivity index is 2.02. The number of nitrogens with zero attached hydrogens (tertiary/aromatic N) is 1. The molecule has 20 heavy (non-hydrogen) atoms. The van der Waals surface area contributed by atoms with Crippen molar-refractivity contribution in [3.8, 4) is 5.75 Å².